The second-order valence-corrected chi connectivity index (χ2v) is 4.96. The van der Waals surface area contributed by atoms with E-state index in [9.17, 15) is 0 Å². The first-order chi connectivity index (χ1) is 10.1. The number of aryl methyl sites for hydroxylation is 1. The number of nitrogens with zero attached hydrogens (tertiary/aromatic N) is 1. The van der Waals surface area contributed by atoms with Crippen LogP contribution in [0.25, 0.3) is 6.08 Å². The molecule has 1 rings (SSSR count). The molecule has 1 aromatic rings. The maximum absolute atomic E-state index is 4.80. The van der Waals surface area contributed by atoms with Gasteiger partial charge in [-0.05, 0) is 43.0 Å². The lowest BCUT2D eigenvalue weighted by Crippen LogP contribution is -1.98. The molecule has 0 heterocycles. The zero-order chi connectivity index (χ0) is 16.3. The Bertz CT molecular complexity index is 481. The van der Waals surface area contributed by atoms with E-state index in [0.29, 0.717) is 0 Å². The van der Waals surface area contributed by atoms with Crippen molar-refractivity contribution in [2.45, 2.75) is 60.3 Å². The molecule has 0 saturated carbocycles. The third-order valence-electron chi connectivity index (χ3n) is 3.20. The van der Waals surface area contributed by atoms with Crippen molar-refractivity contribution >= 4 is 17.5 Å². The van der Waals surface area contributed by atoms with Crippen molar-refractivity contribution in [2.75, 3.05) is 0 Å². The topological polar surface area (TPSA) is 12.4 Å². The monoisotopic (exact) mass is 285 g/mol. The van der Waals surface area contributed by atoms with E-state index in [2.05, 4.69) is 52.1 Å². The van der Waals surface area contributed by atoms with Crippen molar-refractivity contribution in [3.63, 3.8) is 0 Å². The minimum atomic E-state index is 0.924. The van der Waals surface area contributed by atoms with Gasteiger partial charge < -0.3 is 0 Å². The van der Waals surface area contributed by atoms with E-state index in [1.165, 1.54) is 16.8 Å². The summed E-state index contributed by atoms with van der Waals surface area (Å²) in [5.74, 6) is 0. The van der Waals surface area contributed by atoms with Crippen LogP contribution in [0.2, 0.25) is 0 Å². The summed E-state index contributed by atoms with van der Waals surface area (Å²) < 4.78 is 0. The van der Waals surface area contributed by atoms with Gasteiger partial charge in [0.25, 0.3) is 0 Å². The fourth-order valence-corrected chi connectivity index (χ4v) is 2.08. The summed E-state index contributed by atoms with van der Waals surface area (Å²) in [6.45, 7) is 18.4. The zero-order valence-corrected chi connectivity index (χ0v) is 14.5. The highest BCUT2D eigenvalue weighted by molar-refractivity contribution is 5.88. The first-order valence-electron chi connectivity index (χ1n) is 8.06. The van der Waals surface area contributed by atoms with Gasteiger partial charge in [0.1, 0.15) is 0 Å². The van der Waals surface area contributed by atoms with Crippen LogP contribution < -0.4 is 0 Å². The highest BCUT2D eigenvalue weighted by Crippen LogP contribution is 2.22. The minimum absolute atomic E-state index is 0.924. The maximum Gasteiger partial charge on any atom is 0.0658 e. The predicted molar refractivity (Wildman–Crippen MR) is 98.7 cm³/mol. The first-order valence-corrected chi connectivity index (χ1v) is 8.06. The number of hydrogen-bond donors (Lipinski definition) is 0. The summed E-state index contributed by atoms with van der Waals surface area (Å²) in [5.41, 5.74) is 5.90. The van der Waals surface area contributed by atoms with Crippen LogP contribution in [0.3, 0.4) is 0 Å². The van der Waals surface area contributed by atoms with E-state index >= 15 is 0 Å². The molecule has 0 aliphatic heterocycles. The molecular formula is C20H31N. The molecule has 0 aromatic heterocycles. The third kappa shape index (κ3) is 7.08. The minimum Gasteiger partial charge on any atom is -0.257 e. The van der Waals surface area contributed by atoms with E-state index in [-0.39, 0.29) is 0 Å². The van der Waals surface area contributed by atoms with E-state index in [1.807, 2.05) is 19.9 Å². The molecule has 21 heavy (non-hydrogen) atoms. The van der Waals surface area contributed by atoms with Crippen LogP contribution in [0.15, 0.2) is 41.9 Å². The van der Waals surface area contributed by atoms with Crippen molar-refractivity contribution in [2.24, 2.45) is 4.99 Å². The van der Waals surface area contributed by atoms with Gasteiger partial charge in [-0.3, -0.25) is 4.99 Å². The number of hydrogen-bond acceptors (Lipinski definition) is 1. The van der Waals surface area contributed by atoms with Gasteiger partial charge in [0, 0.05) is 12.1 Å². The SMILES string of the molecule is C=Cc1ccc(N=C(CC)CC(=C)CCC)c(C)c1.CC. The second kappa shape index (κ2) is 11.1. The van der Waals surface area contributed by atoms with Gasteiger partial charge in [0.15, 0.2) is 0 Å². The average Bonchev–Trinajstić information content (AvgIpc) is 2.50. The van der Waals surface area contributed by atoms with Crippen LogP contribution in [-0.2, 0) is 0 Å². The number of allylic oxidation sites excluding steroid dienone is 1. The van der Waals surface area contributed by atoms with E-state index in [4.69, 9.17) is 4.99 Å². The Kier molecular flexibility index (Phi) is 10.2. The number of rotatable bonds is 7. The van der Waals surface area contributed by atoms with Crippen molar-refractivity contribution in [3.8, 4) is 0 Å². The van der Waals surface area contributed by atoms with Gasteiger partial charge in [-0.25, -0.2) is 0 Å². The van der Waals surface area contributed by atoms with Crippen LogP contribution in [0, 0.1) is 6.92 Å². The van der Waals surface area contributed by atoms with Crippen LogP contribution in [0.5, 0.6) is 0 Å². The lowest BCUT2D eigenvalue weighted by molar-refractivity contribution is 0.888. The Balaban J connectivity index is 0.00000191. The Morgan fingerprint density at radius 1 is 1.24 bits per heavy atom. The Morgan fingerprint density at radius 3 is 2.38 bits per heavy atom. The van der Waals surface area contributed by atoms with Crippen molar-refractivity contribution in [1.82, 2.24) is 0 Å². The standard InChI is InChI=1S/C18H25N.C2H6/c1-6-9-14(4)12-17(8-3)19-18-11-10-16(7-2)13-15(18)5;1-2/h7,10-11,13H,2,4,6,8-9,12H2,1,3,5H3;1-2H3. The fourth-order valence-electron chi connectivity index (χ4n) is 2.08. The molecular weight excluding hydrogens is 254 g/mol. The van der Waals surface area contributed by atoms with Crippen LogP contribution in [0.1, 0.15) is 64.5 Å². The summed E-state index contributed by atoms with van der Waals surface area (Å²) in [7, 11) is 0. The van der Waals surface area contributed by atoms with Gasteiger partial charge in [-0.2, -0.15) is 0 Å². The molecule has 0 aliphatic carbocycles. The number of benzene rings is 1. The normalized spacial score (nSPS) is 10.6. The van der Waals surface area contributed by atoms with E-state index in [0.717, 1.165) is 36.9 Å². The first kappa shape index (κ1) is 19.4. The van der Waals surface area contributed by atoms with Crippen molar-refractivity contribution in [3.05, 3.63) is 48.1 Å². The Hall–Kier alpha value is -1.63. The van der Waals surface area contributed by atoms with Gasteiger partial charge in [0.05, 0.1) is 5.69 Å². The molecule has 0 bridgehead atoms. The molecule has 0 aliphatic rings. The lowest BCUT2D eigenvalue weighted by atomic mass is 10.0. The molecule has 0 amide bonds. The molecule has 0 N–H and O–H groups in total. The maximum atomic E-state index is 4.80. The lowest BCUT2D eigenvalue weighted by Gasteiger charge is -2.08. The van der Waals surface area contributed by atoms with Crippen LogP contribution >= 0.6 is 0 Å². The Labute approximate surface area is 131 Å². The molecule has 0 radical (unpaired) electrons. The third-order valence-corrected chi connectivity index (χ3v) is 3.20. The predicted octanol–water partition coefficient (Wildman–Crippen LogP) is 6.89. The summed E-state index contributed by atoms with van der Waals surface area (Å²) in [5, 5.41) is 0. The van der Waals surface area contributed by atoms with E-state index in [1.54, 1.807) is 0 Å². The molecule has 116 valence electrons. The van der Waals surface area contributed by atoms with E-state index < -0.39 is 0 Å². The largest absolute Gasteiger partial charge is 0.257 e. The molecule has 0 fully saturated rings. The fraction of sp³-hybridized carbons (Fsp3) is 0.450. The van der Waals surface area contributed by atoms with Crippen molar-refractivity contribution < 1.29 is 0 Å². The summed E-state index contributed by atoms with van der Waals surface area (Å²) in [4.78, 5) is 4.80. The van der Waals surface area contributed by atoms with Gasteiger partial charge >= 0.3 is 0 Å². The molecule has 1 heteroatoms. The van der Waals surface area contributed by atoms with Gasteiger partial charge in [0.2, 0.25) is 0 Å². The summed E-state index contributed by atoms with van der Waals surface area (Å²) in [6.07, 6.45) is 6.01. The summed E-state index contributed by atoms with van der Waals surface area (Å²) in [6, 6.07) is 6.26. The van der Waals surface area contributed by atoms with Crippen LogP contribution in [0.4, 0.5) is 5.69 Å². The Morgan fingerprint density at radius 2 is 1.90 bits per heavy atom. The highest BCUT2D eigenvalue weighted by atomic mass is 14.7. The highest BCUT2D eigenvalue weighted by Gasteiger charge is 2.03. The quantitative estimate of drug-likeness (QED) is 0.382. The van der Waals surface area contributed by atoms with Gasteiger partial charge in [-0.15, -0.1) is 0 Å². The molecule has 1 nitrogen and oxygen atoms in total. The number of aliphatic imine (C=N–C) groups is 1. The average molecular weight is 285 g/mol. The zero-order valence-electron chi connectivity index (χ0n) is 14.5. The smallest absolute Gasteiger partial charge is 0.0658 e. The molecule has 0 spiro atoms. The van der Waals surface area contributed by atoms with Gasteiger partial charge in [-0.1, -0.05) is 65.0 Å². The second-order valence-electron chi connectivity index (χ2n) is 4.96. The molecule has 0 atom stereocenters. The molecule has 0 unspecified atom stereocenters. The summed E-state index contributed by atoms with van der Waals surface area (Å²) >= 11 is 0. The molecule has 1 aromatic carbocycles. The molecule has 0 saturated heterocycles. The van der Waals surface area contributed by atoms with Crippen LogP contribution in [-0.4, -0.2) is 5.71 Å². The van der Waals surface area contributed by atoms with Crippen molar-refractivity contribution in [1.29, 1.82) is 0 Å².